The van der Waals surface area contributed by atoms with E-state index in [0.717, 1.165) is 29.8 Å². The van der Waals surface area contributed by atoms with E-state index in [1.807, 2.05) is 30.3 Å². The molecule has 30 heavy (non-hydrogen) atoms. The largest absolute Gasteiger partial charge is 0.379 e. The molecule has 8 heteroatoms. The van der Waals surface area contributed by atoms with E-state index < -0.39 is 11.2 Å². The zero-order chi connectivity index (χ0) is 21.5. The maximum Gasteiger partial charge on any atom is 0.332 e. The first-order valence-corrected chi connectivity index (χ1v) is 10.1. The fraction of sp³-hybridized carbons (Fsp3) is 0.409. The third-order valence-electron chi connectivity index (χ3n) is 5.22. The van der Waals surface area contributed by atoms with E-state index in [4.69, 9.17) is 4.74 Å². The minimum atomic E-state index is -0.462. The zero-order valence-corrected chi connectivity index (χ0v) is 17.5. The van der Waals surface area contributed by atoms with Crippen LogP contribution in [0.1, 0.15) is 12.0 Å². The molecule has 1 fully saturated rings. The summed E-state index contributed by atoms with van der Waals surface area (Å²) in [5.74, 6) is 0.0249. The highest BCUT2D eigenvalue weighted by Gasteiger charge is 2.19. The first kappa shape index (κ1) is 21.7. The van der Waals surface area contributed by atoms with Crippen molar-refractivity contribution in [3.8, 4) is 0 Å². The van der Waals surface area contributed by atoms with Gasteiger partial charge in [-0.2, -0.15) is 0 Å². The van der Waals surface area contributed by atoms with Crippen LogP contribution in [0.5, 0.6) is 0 Å². The monoisotopic (exact) mass is 412 g/mol. The molecule has 160 valence electrons. The summed E-state index contributed by atoms with van der Waals surface area (Å²) in [7, 11) is 2.99. The highest BCUT2D eigenvalue weighted by atomic mass is 16.5. The molecule has 1 amide bonds. The van der Waals surface area contributed by atoms with E-state index in [9.17, 15) is 14.4 Å². The van der Waals surface area contributed by atoms with Gasteiger partial charge in [0.2, 0.25) is 0 Å². The third kappa shape index (κ3) is 5.34. The van der Waals surface area contributed by atoms with Gasteiger partial charge in [-0.25, -0.2) is 4.79 Å². The molecule has 0 unspecified atom stereocenters. The zero-order valence-electron chi connectivity index (χ0n) is 17.5. The van der Waals surface area contributed by atoms with Gasteiger partial charge in [-0.1, -0.05) is 30.3 Å². The van der Waals surface area contributed by atoms with Crippen molar-refractivity contribution in [2.75, 3.05) is 44.3 Å². The number of carbonyl (C=O) groups is 1. The summed E-state index contributed by atoms with van der Waals surface area (Å²) in [6.45, 7) is 4.37. The van der Waals surface area contributed by atoms with E-state index in [0.29, 0.717) is 32.0 Å². The highest BCUT2D eigenvalue weighted by Crippen LogP contribution is 2.12. The first-order valence-electron chi connectivity index (χ1n) is 10.1. The van der Waals surface area contributed by atoms with Crippen LogP contribution < -0.4 is 16.1 Å². The molecular weight excluding hydrogens is 384 g/mol. The van der Waals surface area contributed by atoms with Gasteiger partial charge in [-0.05, 0) is 18.1 Å². The van der Waals surface area contributed by atoms with Crippen molar-refractivity contribution in [3.05, 3.63) is 68.9 Å². The number of rotatable bonds is 7. The van der Waals surface area contributed by atoms with Crippen LogP contribution in [-0.4, -0.2) is 59.3 Å². The molecule has 0 radical (unpaired) electrons. The fourth-order valence-electron chi connectivity index (χ4n) is 3.42. The van der Waals surface area contributed by atoms with Crippen molar-refractivity contribution >= 4 is 17.8 Å². The molecule has 1 aliphatic rings. The Balaban J connectivity index is 1.82. The van der Waals surface area contributed by atoms with Crippen molar-refractivity contribution in [2.45, 2.75) is 6.42 Å². The Morgan fingerprint density at radius 1 is 1.10 bits per heavy atom. The SMILES string of the molecule is Cn1c(N(CCCN2CCOCC2)C(=O)/C=C/c2ccccc2)cc(=O)n(C)c1=O. The Morgan fingerprint density at radius 2 is 1.80 bits per heavy atom. The van der Waals surface area contributed by atoms with Crippen molar-refractivity contribution in [3.63, 3.8) is 0 Å². The van der Waals surface area contributed by atoms with Crippen LogP contribution in [0.25, 0.3) is 6.08 Å². The van der Waals surface area contributed by atoms with Gasteiger partial charge in [0.1, 0.15) is 5.82 Å². The molecule has 0 bridgehead atoms. The fourth-order valence-corrected chi connectivity index (χ4v) is 3.42. The molecule has 1 aliphatic heterocycles. The number of amides is 1. The van der Waals surface area contributed by atoms with Crippen molar-refractivity contribution in [2.24, 2.45) is 14.1 Å². The summed E-state index contributed by atoms with van der Waals surface area (Å²) >= 11 is 0. The van der Waals surface area contributed by atoms with Gasteiger partial charge < -0.3 is 4.74 Å². The molecule has 0 aliphatic carbocycles. The predicted molar refractivity (Wildman–Crippen MR) is 117 cm³/mol. The number of carbonyl (C=O) groups excluding carboxylic acids is 1. The molecule has 0 spiro atoms. The van der Waals surface area contributed by atoms with Gasteiger partial charge in [-0.15, -0.1) is 0 Å². The molecule has 1 aromatic heterocycles. The minimum Gasteiger partial charge on any atom is -0.379 e. The lowest BCUT2D eigenvalue weighted by Gasteiger charge is -2.28. The topological polar surface area (TPSA) is 76.8 Å². The van der Waals surface area contributed by atoms with Crippen LogP contribution in [0.15, 0.2) is 52.1 Å². The van der Waals surface area contributed by atoms with E-state index in [1.54, 1.807) is 13.1 Å². The molecule has 8 nitrogen and oxygen atoms in total. The van der Waals surface area contributed by atoms with Gasteiger partial charge in [0.05, 0.1) is 13.2 Å². The summed E-state index contributed by atoms with van der Waals surface area (Å²) in [6.07, 6.45) is 3.93. The van der Waals surface area contributed by atoms with Gasteiger partial charge in [0.25, 0.3) is 11.5 Å². The van der Waals surface area contributed by atoms with Crippen LogP contribution in [0.3, 0.4) is 0 Å². The van der Waals surface area contributed by atoms with E-state index in [2.05, 4.69) is 4.90 Å². The Morgan fingerprint density at radius 3 is 2.50 bits per heavy atom. The molecular formula is C22H28N4O4. The molecule has 2 heterocycles. The normalized spacial score (nSPS) is 14.9. The average molecular weight is 412 g/mol. The maximum atomic E-state index is 13.0. The predicted octanol–water partition coefficient (Wildman–Crippen LogP) is 0.853. The number of aromatic nitrogens is 2. The lowest BCUT2D eigenvalue weighted by molar-refractivity contribution is -0.114. The number of benzene rings is 1. The van der Waals surface area contributed by atoms with Crippen molar-refractivity contribution in [1.29, 1.82) is 0 Å². The van der Waals surface area contributed by atoms with Gasteiger partial charge in [-0.3, -0.25) is 28.5 Å². The van der Waals surface area contributed by atoms with Gasteiger partial charge in [0, 0.05) is 52.4 Å². The van der Waals surface area contributed by atoms with Crippen LogP contribution in [0.4, 0.5) is 5.82 Å². The Kier molecular flexibility index (Phi) is 7.37. The number of ether oxygens (including phenoxy) is 1. The Bertz CT molecular complexity index is 1000. The van der Waals surface area contributed by atoms with Crippen molar-refractivity contribution < 1.29 is 9.53 Å². The van der Waals surface area contributed by atoms with Gasteiger partial charge >= 0.3 is 5.69 Å². The summed E-state index contributed by atoms with van der Waals surface area (Å²) in [5.41, 5.74) is -0.00128. The quantitative estimate of drug-likeness (QED) is 0.631. The lowest BCUT2D eigenvalue weighted by atomic mass is 10.2. The molecule has 2 aromatic rings. The number of anilines is 1. The minimum absolute atomic E-state index is 0.274. The Hall–Kier alpha value is -2.97. The van der Waals surface area contributed by atoms with Crippen LogP contribution in [-0.2, 0) is 23.6 Å². The standard InChI is InChI=1S/C22H28N4O4/c1-23-19(17-21(28)24(2)22(23)29)26(12-6-11-25-13-15-30-16-14-25)20(27)10-9-18-7-4-3-5-8-18/h3-5,7-10,17H,6,11-16H2,1-2H3/b10-9+. The van der Waals surface area contributed by atoms with Gasteiger partial charge in [0.15, 0.2) is 0 Å². The highest BCUT2D eigenvalue weighted by molar-refractivity contribution is 6.03. The number of hydrogen-bond donors (Lipinski definition) is 0. The molecule has 3 rings (SSSR count). The number of nitrogens with zero attached hydrogens (tertiary/aromatic N) is 4. The average Bonchev–Trinajstić information content (AvgIpc) is 2.78. The second-order valence-corrected chi connectivity index (χ2v) is 7.28. The van der Waals surface area contributed by atoms with Crippen LogP contribution in [0, 0.1) is 0 Å². The first-order chi connectivity index (χ1) is 14.5. The molecule has 1 saturated heterocycles. The number of hydrogen-bond acceptors (Lipinski definition) is 5. The molecule has 0 atom stereocenters. The summed E-state index contributed by atoms with van der Waals surface area (Å²) in [5, 5.41) is 0. The summed E-state index contributed by atoms with van der Waals surface area (Å²) < 4.78 is 7.74. The summed E-state index contributed by atoms with van der Waals surface area (Å²) in [6, 6.07) is 10.8. The van der Waals surface area contributed by atoms with E-state index >= 15 is 0 Å². The molecule has 0 N–H and O–H groups in total. The third-order valence-corrected chi connectivity index (χ3v) is 5.22. The molecule has 1 aromatic carbocycles. The van der Waals surface area contributed by atoms with Crippen LogP contribution >= 0.6 is 0 Å². The smallest absolute Gasteiger partial charge is 0.332 e. The maximum absolute atomic E-state index is 13.0. The second-order valence-electron chi connectivity index (χ2n) is 7.28. The second kappa shape index (κ2) is 10.2. The molecule has 0 saturated carbocycles. The summed E-state index contributed by atoms with van der Waals surface area (Å²) in [4.78, 5) is 41.4. The van der Waals surface area contributed by atoms with E-state index in [1.165, 1.54) is 28.7 Å². The van der Waals surface area contributed by atoms with E-state index in [-0.39, 0.29) is 5.91 Å². The number of morpholine rings is 1. The Labute approximate surface area is 175 Å². The van der Waals surface area contributed by atoms with Crippen LogP contribution in [0.2, 0.25) is 0 Å². The van der Waals surface area contributed by atoms with Crippen molar-refractivity contribution in [1.82, 2.24) is 14.0 Å². The lowest BCUT2D eigenvalue weighted by Crippen LogP contribution is -2.43.